The van der Waals surface area contributed by atoms with Crippen LogP contribution in [0, 0.1) is 12.8 Å². The highest BCUT2D eigenvalue weighted by Gasteiger charge is 2.20. The fourth-order valence-electron chi connectivity index (χ4n) is 3.60. The van der Waals surface area contributed by atoms with Crippen molar-refractivity contribution in [1.82, 2.24) is 10.6 Å². The van der Waals surface area contributed by atoms with Crippen molar-refractivity contribution in [3.05, 3.63) is 47.7 Å². The largest absolute Gasteiger partial charge is 0.450 e. The Morgan fingerprint density at radius 1 is 1.25 bits per heavy atom. The molecule has 124 valence electrons. The Labute approximate surface area is 141 Å². The zero-order valence-corrected chi connectivity index (χ0v) is 13.9. The second-order valence-corrected chi connectivity index (χ2v) is 6.62. The molecule has 1 aromatic heterocycles. The van der Waals surface area contributed by atoms with Crippen LogP contribution in [-0.2, 0) is 0 Å². The average Bonchev–Trinajstić information content (AvgIpc) is 3.23. The Bertz CT molecular complexity index is 891. The van der Waals surface area contributed by atoms with Gasteiger partial charge in [0.1, 0.15) is 5.58 Å². The van der Waals surface area contributed by atoms with E-state index in [2.05, 4.69) is 22.8 Å². The first-order valence-corrected chi connectivity index (χ1v) is 8.64. The Balaban J connectivity index is 1.58. The van der Waals surface area contributed by atoms with Crippen molar-refractivity contribution in [3.8, 4) is 0 Å². The molecule has 3 aromatic rings. The van der Waals surface area contributed by atoms with E-state index in [1.54, 1.807) is 0 Å². The van der Waals surface area contributed by atoms with Crippen LogP contribution >= 0.6 is 0 Å². The monoisotopic (exact) mass is 322 g/mol. The van der Waals surface area contributed by atoms with Crippen LogP contribution in [-0.4, -0.2) is 25.5 Å². The molecule has 0 bridgehead atoms. The van der Waals surface area contributed by atoms with Gasteiger partial charge in [0.05, 0.1) is 0 Å². The molecule has 2 aromatic carbocycles. The van der Waals surface area contributed by atoms with E-state index >= 15 is 0 Å². The fourth-order valence-corrected chi connectivity index (χ4v) is 3.60. The maximum atomic E-state index is 12.5. The van der Waals surface area contributed by atoms with Crippen LogP contribution in [0.2, 0.25) is 0 Å². The molecule has 0 spiro atoms. The lowest BCUT2D eigenvalue weighted by Crippen LogP contribution is -2.26. The van der Waals surface area contributed by atoms with Gasteiger partial charge in [-0.3, -0.25) is 4.79 Å². The molecule has 24 heavy (non-hydrogen) atoms. The zero-order chi connectivity index (χ0) is 16.5. The quantitative estimate of drug-likeness (QED) is 0.771. The standard InChI is InChI=1S/C20H22N2O2/c1-13-16-7-6-15-4-2-3-5-17(15)19(16)24-18(13)20(23)22-11-9-14-8-10-21-12-14/h2-7,14,21H,8-12H2,1H3,(H,22,23). The fraction of sp³-hybridized carbons (Fsp3) is 0.350. The van der Waals surface area contributed by atoms with E-state index in [1.807, 2.05) is 31.2 Å². The highest BCUT2D eigenvalue weighted by atomic mass is 16.3. The highest BCUT2D eigenvalue weighted by molar-refractivity contribution is 6.08. The number of aryl methyl sites for hydroxylation is 1. The number of carbonyl (C=O) groups is 1. The number of rotatable bonds is 4. The van der Waals surface area contributed by atoms with E-state index < -0.39 is 0 Å². The van der Waals surface area contributed by atoms with Gasteiger partial charge < -0.3 is 15.1 Å². The minimum atomic E-state index is -0.112. The normalized spacial score (nSPS) is 17.6. The molecule has 4 heteroatoms. The number of nitrogens with one attached hydrogen (secondary N) is 2. The van der Waals surface area contributed by atoms with Crippen LogP contribution in [0.25, 0.3) is 21.7 Å². The van der Waals surface area contributed by atoms with Crippen molar-refractivity contribution >= 4 is 27.6 Å². The van der Waals surface area contributed by atoms with Gasteiger partial charge in [-0.1, -0.05) is 36.4 Å². The minimum Gasteiger partial charge on any atom is -0.450 e. The molecule has 1 fully saturated rings. The van der Waals surface area contributed by atoms with Gasteiger partial charge in [-0.05, 0) is 44.2 Å². The number of carbonyl (C=O) groups excluding carboxylic acids is 1. The third-order valence-corrected chi connectivity index (χ3v) is 5.04. The summed E-state index contributed by atoms with van der Waals surface area (Å²) >= 11 is 0. The average molecular weight is 322 g/mol. The molecule has 1 amide bonds. The van der Waals surface area contributed by atoms with Crippen LogP contribution in [0.1, 0.15) is 29.0 Å². The number of hydrogen-bond donors (Lipinski definition) is 2. The first kappa shape index (κ1) is 15.2. The number of fused-ring (bicyclic) bond motifs is 3. The van der Waals surface area contributed by atoms with Gasteiger partial charge in [0.25, 0.3) is 5.91 Å². The lowest BCUT2D eigenvalue weighted by molar-refractivity contribution is 0.0925. The summed E-state index contributed by atoms with van der Waals surface area (Å²) in [5.74, 6) is 0.996. The molecule has 2 N–H and O–H groups in total. The summed E-state index contributed by atoms with van der Waals surface area (Å²) < 4.78 is 5.97. The SMILES string of the molecule is Cc1c(C(=O)NCCC2CCNC2)oc2c1ccc1ccccc12. The van der Waals surface area contributed by atoms with Gasteiger partial charge in [0.15, 0.2) is 5.76 Å². The van der Waals surface area contributed by atoms with Gasteiger partial charge in [0.2, 0.25) is 0 Å². The molecule has 1 atom stereocenters. The first-order valence-electron chi connectivity index (χ1n) is 8.64. The van der Waals surface area contributed by atoms with E-state index in [0.717, 1.165) is 46.8 Å². The third kappa shape index (κ3) is 2.67. The molecular formula is C20H22N2O2. The molecular weight excluding hydrogens is 300 g/mol. The molecule has 4 nitrogen and oxygen atoms in total. The van der Waals surface area contributed by atoms with Crippen LogP contribution in [0.4, 0.5) is 0 Å². The summed E-state index contributed by atoms with van der Waals surface area (Å²) in [6, 6.07) is 12.2. The van der Waals surface area contributed by atoms with Crippen LogP contribution in [0.5, 0.6) is 0 Å². The minimum absolute atomic E-state index is 0.112. The summed E-state index contributed by atoms with van der Waals surface area (Å²) in [6.07, 6.45) is 2.21. The number of amides is 1. The predicted molar refractivity (Wildman–Crippen MR) is 96.4 cm³/mol. The Kier molecular flexibility index (Phi) is 3.98. The summed E-state index contributed by atoms with van der Waals surface area (Å²) in [5, 5.41) is 9.56. The van der Waals surface area contributed by atoms with Gasteiger partial charge in [-0.15, -0.1) is 0 Å². The summed E-state index contributed by atoms with van der Waals surface area (Å²) in [4.78, 5) is 12.5. The number of benzene rings is 2. The molecule has 0 aliphatic carbocycles. The van der Waals surface area contributed by atoms with Crippen LogP contribution < -0.4 is 10.6 Å². The van der Waals surface area contributed by atoms with E-state index in [9.17, 15) is 4.79 Å². The molecule has 1 aliphatic rings. The van der Waals surface area contributed by atoms with Crippen molar-refractivity contribution in [3.63, 3.8) is 0 Å². The smallest absolute Gasteiger partial charge is 0.287 e. The molecule has 1 saturated heterocycles. The zero-order valence-electron chi connectivity index (χ0n) is 13.9. The van der Waals surface area contributed by atoms with Gasteiger partial charge in [-0.25, -0.2) is 0 Å². The maximum absolute atomic E-state index is 12.5. The van der Waals surface area contributed by atoms with E-state index in [1.165, 1.54) is 6.42 Å². The van der Waals surface area contributed by atoms with Gasteiger partial charge in [0, 0.05) is 22.9 Å². The number of furan rings is 1. The molecule has 1 aliphatic heterocycles. The molecule has 0 radical (unpaired) electrons. The molecule has 0 saturated carbocycles. The summed E-state index contributed by atoms with van der Waals surface area (Å²) in [5.41, 5.74) is 1.71. The first-order chi connectivity index (χ1) is 11.7. The van der Waals surface area contributed by atoms with Crippen molar-refractivity contribution in [2.24, 2.45) is 5.92 Å². The predicted octanol–water partition coefficient (Wildman–Crippen LogP) is 3.62. The van der Waals surface area contributed by atoms with Crippen LogP contribution in [0.3, 0.4) is 0 Å². The lowest BCUT2D eigenvalue weighted by Gasteiger charge is -2.08. The van der Waals surface area contributed by atoms with E-state index in [0.29, 0.717) is 18.2 Å². The molecule has 2 heterocycles. The van der Waals surface area contributed by atoms with Crippen molar-refractivity contribution in [1.29, 1.82) is 0 Å². The van der Waals surface area contributed by atoms with Crippen molar-refractivity contribution < 1.29 is 9.21 Å². The van der Waals surface area contributed by atoms with Crippen molar-refractivity contribution in [2.75, 3.05) is 19.6 Å². The third-order valence-electron chi connectivity index (χ3n) is 5.04. The Morgan fingerprint density at radius 3 is 2.96 bits per heavy atom. The van der Waals surface area contributed by atoms with E-state index in [-0.39, 0.29) is 5.91 Å². The van der Waals surface area contributed by atoms with E-state index in [4.69, 9.17) is 4.42 Å². The van der Waals surface area contributed by atoms with Gasteiger partial charge >= 0.3 is 0 Å². The number of hydrogen-bond acceptors (Lipinski definition) is 3. The van der Waals surface area contributed by atoms with Gasteiger partial charge in [-0.2, -0.15) is 0 Å². The lowest BCUT2D eigenvalue weighted by atomic mass is 10.0. The molecule has 1 unspecified atom stereocenters. The summed E-state index contributed by atoms with van der Waals surface area (Å²) in [7, 11) is 0. The second kappa shape index (κ2) is 6.29. The summed E-state index contributed by atoms with van der Waals surface area (Å²) in [6.45, 7) is 4.80. The Hall–Kier alpha value is -2.33. The highest BCUT2D eigenvalue weighted by Crippen LogP contribution is 2.31. The Morgan fingerprint density at radius 2 is 2.12 bits per heavy atom. The molecule has 4 rings (SSSR count). The maximum Gasteiger partial charge on any atom is 0.287 e. The van der Waals surface area contributed by atoms with Crippen molar-refractivity contribution in [2.45, 2.75) is 19.8 Å². The topological polar surface area (TPSA) is 54.3 Å². The second-order valence-electron chi connectivity index (χ2n) is 6.62. The van der Waals surface area contributed by atoms with Crippen LogP contribution in [0.15, 0.2) is 40.8 Å².